The van der Waals surface area contributed by atoms with Crippen molar-refractivity contribution < 1.29 is 47.9 Å². The normalized spacial score (nSPS) is 18.0. The summed E-state index contributed by atoms with van der Waals surface area (Å²) in [6.07, 6.45) is 12.1. The van der Waals surface area contributed by atoms with Crippen molar-refractivity contribution in [3.05, 3.63) is 305 Å². The van der Waals surface area contributed by atoms with Crippen LogP contribution in [0.1, 0.15) is 174 Å². The fourth-order valence-electron chi connectivity index (χ4n) is 19.6. The second-order valence-corrected chi connectivity index (χ2v) is 39.3. The Morgan fingerprint density at radius 2 is 0.638 bits per heavy atom. The summed E-state index contributed by atoms with van der Waals surface area (Å²) in [7, 11) is -0.552. The number of hydrogen-bond acceptors (Lipinski definition) is 10. The number of halogens is 2. The van der Waals surface area contributed by atoms with Crippen molar-refractivity contribution in [2.45, 2.75) is 175 Å². The van der Waals surface area contributed by atoms with E-state index in [1.807, 2.05) is 84.9 Å². The highest BCUT2D eigenvalue weighted by Gasteiger charge is 2.53. The molecule has 16 heteroatoms. The lowest BCUT2D eigenvalue weighted by atomic mass is 9.76. The van der Waals surface area contributed by atoms with Gasteiger partial charge in [-0.1, -0.05) is 243 Å². The summed E-state index contributed by atoms with van der Waals surface area (Å²) in [6, 6.07) is 96.3. The van der Waals surface area contributed by atoms with Crippen LogP contribution in [0.2, 0.25) is 0 Å². The minimum atomic E-state index is -0.552. The Bertz CT molecular complexity index is 6270. The zero-order chi connectivity index (χ0) is 89.9. The van der Waals surface area contributed by atoms with Gasteiger partial charge in [0.1, 0.15) is 40.2 Å². The van der Waals surface area contributed by atoms with E-state index in [9.17, 15) is 10.2 Å². The van der Waals surface area contributed by atoms with Gasteiger partial charge in [0.05, 0.1) is 103 Å². The molecule has 666 valence electrons. The molecule has 13 aromatic carbocycles. The third-order valence-corrected chi connectivity index (χ3v) is 29.0. The Morgan fingerprint density at radius 3 is 0.977 bits per heavy atom. The monoisotopic (exact) mass is 1860 g/mol. The summed E-state index contributed by atoms with van der Waals surface area (Å²) < 4.78 is 60.8. The van der Waals surface area contributed by atoms with Crippen molar-refractivity contribution in [3.63, 3.8) is 0 Å². The molecule has 4 fully saturated rings. The highest BCUT2D eigenvalue weighted by molar-refractivity contribution is 9.11. The topological polar surface area (TPSA) is 129 Å². The minimum Gasteiger partial charge on any atom is -0.505 e. The number of aromatic hydroxyl groups is 2. The molecule has 5 atom stereocenters. The summed E-state index contributed by atoms with van der Waals surface area (Å²) in [5.41, 5.74) is 15.8. The maximum absolute atomic E-state index is 12.4. The Balaban J connectivity index is 0.000000152. The molecular formula is C114H118BBr2N3O10. The zero-order valence-electron chi connectivity index (χ0n) is 76.3. The van der Waals surface area contributed by atoms with Crippen molar-refractivity contribution >= 4 is 110 Å². The van der Waals surface area contributed by atoms with Gasteiger partial charge in [-0.25, -0.2) is 0 Å². The van der Waals surface area contributed by atoms with Crippen LogP contribution in [0.25, 0.3) is 105 Å². The average Bonchev–Trinajstić information content (AvgIpc) is 1.58. The van der Waals surface area contributed by atoms with E-state index in [1.165, 1.54) is 42.0 Å². The number of phenols is 2. The van der Waals surface area contributed by atoms with E-state index >= 15 is 0 Å². The molecule has 3 aromatic heterocycles. The first-order valence-electron chi connectivity index (χ1n) is 46.9. The molecule has 2 saturated heterocycles. The number of nitrogens with zero attached hydrogens (tertiary/aromatic N) is 3. The van der Waals surface area contributed by atoms with Crippen LogP contribution in [-0.2, 0) is 14.0 Å². The van der Waals surface area contributed by atoms with E-state index < -0.39 is 18.3 Å². The van der Waals surface area contributed by atoms with Crippen LogP contribution in [-0.4, -0.2) is 81.6 Å². The highest BCUT2D eigenvalue weighted by atomic mass is 79.9. The van der Waals surface area contributed by atoms with Crippen LogP contribution < -0.4 is 29.1 Å². The predicted molar refractivity (Wildman–Crippen MR) is 540 cm³/mol. The minimum absolute atomic E-state index is 0.228. The second kappa shape index (κ2) is 39.1. The van der Waals surface area contributed by atoms with E-state index in [2.05, 4.69) is 309 Å². The number of ether oxygens (including phenoxy) is 6. The maximum Gasteiger partial charge on any atom is 0.498 e. The molecule has 20 rings (SSSR count). The van der Waals surface area contributed by atoms with Crippen LogP contribution in [0.5, 0.6) is 40.2 Å². The van der Waals surface area contributed by atoms with Crippen LogP contribution in [0.15, 0.2) is 288 Å². The first-order chi connectivity index (χ1) is 63.1. The molecule has 5 unspecified atom stereocenters. The smallest absolute Gasteiger partial charge is 0.498 e. The largest absolute Gasteiger partial charge is 0.505 e. The molecule has 0 bridgehead atoms. The zero-order valence-corrected chi connectivity index (χ0v) is 79.5. The summed E-state index contributed by atoms with van der Waals surface area (Å²) in [4.78, 5) is 0. The van der Waals surface area contributed by atoms with Gasteiger partial charge in [0.15, 0.2) is 6.29 Å². The molecule has 2 saturated carbocycles. The van der Waals surface area contributed by atoms with Crippen molar-refractivity contribution in [2.24, 2.45) is 23.7 Å². The Kier molecular flexibility index (Phi) is 26.8. The number of rotatable bonds is 23. The summed E-state index contributed by atoms with van der Waals surface area (Å²) >= 11 is 7.10. The SMILES string of the molecule is Brc1ccccc1OCC1CCCCC1COc1ccccc1Br.CC(C)c1cc(-c2ccccc2OCC2CCCCC2COc2ccccc2-c2cc(C(C)C)cc(-n3c4ccccc4c4ccccc43)c2O)c(O)c(-n2c3ccccc3c3ccccc32)c1.CC(C)c1cc(B2OC(C)(C)C(C)(C)O2)c(OC2CCCCO2)c(-n2c3ccccc3c3ccccc32)c1. The summed E-state index contributed by atoms with van der Waals surface area (Å²) in [5.74, 6) is 7.00. The second-order valence-electron chi connectivity index (χ2n) is 37.6. The molecule has 0 amide bonds. The maximum atomic E-state index is 12.4. The van der Waals surface area contributed by atoms with Crippen molar-refractivity contribution in [1.82, 2.24) is 13.7 Å². The quantitative estimate of drug-likeness (QED) is 0.0597. The van der Waals surface area contributed by atoms with Gasteiger partial charge in [-0.3, -0.25) is 0 Å². The van der Waals surface area contributed by atoms with E-state index in [4.69, 9.17) is 37.7 Å². The first kappa shape index (κ1) is 89.4. The molecule has 4 aliphatic rings. The standard InChI is InChI=1S/C62H58N2O4.C32H38BNO4.C20H22Br2O2/c1-39(2)43-33-51(61(65)57(35-43)63-53-27-13-7-21-45(53)46-22-8-14-28-54(46)63)49-25-11-17-31-59(49)67-37-41-19-5-6-20-42(41)38-68-60-32-18-12-26-50(60)52-34-44(40(3)4)36-58(62(52)66)64-55-29-15-9-23-47(55)48-24-10-16-30-56(48)64;1-21(2)22-19-25(33-37-31(3,4)32(5,6)38-33)30(36-29-17-11-12-18-35-29)28(20-22)34-26-15-9-7-13-23(26)24-14-8-10-16-27(24)34;21-17-9-3-5-11-19(17)23-13-15-7-1-2-8-16(15)14-24-20-12-6-4-10-18(20)22/h7-18,21-36,39-42,65-66H,5-6,19-20,37-38H2,1-4H3;7-10,13-16,19-21,29H,11-12,17-18H2,1-6H3;3-6,9-12,15-16H,1-2,7-8,13-14H2. The number of benzene rings is 13. The van der Waals surface area contributed by atoms with E-state index in [0.717, 1.165) is 206 Å². The molecule has 0 spiro atoms. The van der Waals surface area contributed by atoms with Crippen LogP contribution in [0.4, 0.5) is 0 Å². The lowest BCUT2D eigenvalue weighted by Gasteiger charge is -2.32. The van der Waals surface area contributed by atoms with E-state index in [1.54, 1.807) is 0 Å². The number of phenolic OH excluding ortho intramolecular Hbond substituents is 2. The van der Waals surface area contributed by atoms with E-state index in [-0.39, 0.29) is 41.5 Å². The van der Waals surface area contributed by atoms with E-state index in [0.29, 0.717) is 37.6 Å². The van der Waals surface area contributed by atoms with Crippen LogP contribution >= 0.6 is 31.9 Å². The van der Waals surface area contributed by atoms with Crippen molar-refractivity contribution in [1.29, 1.82) is 0 Å². The van der Waals surface area contributed by atoms with Gasteiger partial charge >= 0.3 is 7.12 Å². The molecule has 16 aromatic rings. The Morgan fingerprint density at radius 1 is 0.346 bits per heavy atom. The molecule has 5 heterocycles. The molecule has 13 nitrogen and oxygen atoms in total. The van der Waals surface area contributed by atoms with Gasteiger partial charge in [0.2, 0.25) is 0 Å². The van der Waals surface area contributed by atoms with Gasteiger partial charge in [-0.15, -0.1) is 0 Å². The van der Waals surface area contributed by atoms with Crippen molar-refractivity contribution in [2.75, 3.05) is 33.0 Å². The molecule has 2 aliphatic carbocycles. The van der Waals surface area contributed by atoms with Gasteiger partial charge < -0.3 is 61.6 Å². The average molecular weight is 1860 g/mol. The highest BCUT2D eigenvalue weighted by Crippen LogP contribution is 2.50. The lowest BCUT2D eigenvalue weighted by Crippen LogP contribution is -2.41. The molecule has 130 heavy (non-hydrogen) atoms. The number of para-hydroxylation sites is 10. The lowest BCUT2D eigenvalue weighted by molar-refractivity contribution is -0.105. The molecule has 2 aliphatic heterocycles. The molecule has 0 radical (unpaired) electrons. The summed E-state index contributed by atoms with van der Waals surface area (Å²) in [6.45, 7) is 24.9. The van der Waals surface area contributed by atoms with Gasteiger partial charge in [-0.2, -0.15) is 0 Å². The van der Waals surface area contributed by atoms with Crippen molar-refractivity contribution in [3.8, 4) is 79.6 Å². The molecular weight excluding hydrogens is 1740 g/mol. The Labute approximate surface area is 782 Å². The predicted octanol–water partition coefficient (Wildman–Crippen LogP) is 29.7. The number of hydrogen-bond donors (Lipinski definition) is 2. The summed E-state index contributed by atoms with van der Waals surface area (Å²) in [5, 5.41) is 31.9. The van der Waals surface area contributed by atoms with Crippen LogP contribution in [0, 0.1) is 23.7 Å². The van der Waals surface area contributed by atoms with Gasteiger partial charge in [0.25, 0.3) is 0 Å². The molecule has 2 N–H and O–H groups in total. The number of fused-ring (bicyclic) bond motifs is 9. The third kappa shape index (κ3) is 18.4. The van der Waals surface area contributed by atoms with Crippen LogP contribution in [0.3, 0.4) is 0 Å². The first-order valence-corrected chi connectivity index (χ1v) is 48.4. The fourth-order valence-corrected chi connectivity index (χ4v) is 20.4. The Hall–Kier alpha value is -11.2. The van der Waals surface area contributed by atoms with Gasteiger partial charge in [0, 0.05) is 66.5 Å². The van der Waals surface area contributed by atoms with Gasteiger partial charge in [-0.05, 0) is 259 Å². The number of aromatic nitrogens is 3. The fraction of sp³-hybridized carbons (Fsp3) is 0.316. The third-order valence-electron chi connectivity index (χ3n) is 27.7.